The Hall–Kier alpha value is 0.392. The van der Waals surface area contributed by atoms with E-state index in [2.05, 4.69) is 8.97 Å². The Balaban J connectivity index is 3.13. The summed E-state index contributed by atoms with van der Waals surface area (Å²) in [6, 6.07) is 0. The molecule has 1 radical (unpaired) electrons. The summed E-state index contributed by atoms with van der Waals surface area (Å²) >= 11 is -1.42. The van der Waals surface area contributed by atoms with Gasteiger partial charge in [-0.05, 0) is 0 Å². The van der Waals surface area contributed by atoms with Gasteiger partial charge in [0, 0.05) is 0 Å². The molecular weight excluding hydrogens is 287 g/mol. The maximum atomic E-state index is 9.86. The number of hydrogen-bond donors (Lipinski definition) is 1. The Morgan fingerprint density at radius 1 is 1.71 bits per heavy atom. The van der Waals surface area contributed by atoms with Crippen LogP contribution in [0.4, 0.5) is 0 Å². The first-order chi connectivity index (χ1) is 3.13. The molecule has 0 aliphatic heterocycles. The van der Waals surface area contributed by atoms with Crippen molar-refractivity contribution >= 4 is 28.7 Å². The van der Waals surface area contributed by atoms with Gasteiger partial charge in [-0.15, -0.1) is 0 Å². The molecule has 0 fully saturated rings. The Morgan fingerprint density at radius 3 is 2.14 bits per heavy atom. The molecule has 7 heavy (non-hydrogen) atoms. The molecule has 3 heteroatoms. The Bertz CT molecular complexity index is 70.1. The summed E-state index contributed by atoms with van der Waals surface area (Å²) in [5.41, 5.74) is 0. The molecule has 0 amide bonds. The topological polar surface area (TPSA) is 37.3 Å². The molecule has 0 atom stereocenters. The van der Waals surface area contributed by atoms with E-state index in [9.17, 15) is 4.79 Å². The SMILES string of the molecule is [CH3][Pb]([CH3])[CH2]C(=O)O. The van der Waals surface area contributed by atoms with E-state index in [1.165, 1.54) is 0 Å². The van der Waals surface area contributed by atoms with Crippen LogP contribution in [-0.4, -0.2) is 33.8 Å². The first-order valence-corrected chi connectivity index (χ1v) is 12.7. The average molecular weight is 296 g/mol. The van der Waals surface area contributed by atoms with Crippen molar-refractivity contribution in [1.29, 1.82) is 0 Å². The predicted molar refractivity (Wildman–Crippen MR) is 29.9 cm³/mol. The number of carbonyl (C=O) groups is 1. The third-order valence-electron chi connectivity index (χ3n) is 0.505. The second-order valence-corrected chi connectivity index (χ2v) is 12.5. The van der Waals surface area contributed by atoms with Crippen LogP contribution in [0.2, 0.25) is 12.9 Å². The van der Waals surface area contributed by atoms with Crippen molar-refractivity contribution in [2.45, 2.75) is 12.9 Å². The summed E-state index contributed by atoms with van der Waals surface area (Å²) < 4.78 is 4.68. The molecule has 41 valence electrons. The molecule has 0 rings (SSSR count). The van der Waals surface area contributed by atoms with E-state index < -0.39 is 28.7 Å². The predicted octanol–water partition coefficient (Wildman–Crippen LogP) is 0.825. The second kappa shape index (κ2) is 3.40. The van der Waals surface area contributed by atoms with Crippen molar-refractivity contribution in [1.82, 2.24) is 0 Å². The molecule has 0 unspecified atom stereocenters. The Labute approximate surface area is 51.7 Å². The average Bonchev–Trinajstić information content (AvgIpc) is 1.27. The van der Waals surface area contributed by atoms with Crippen molar-refractivity contribution in [2.75, 3.05) is 0 Å². The summed E-state index contributed by atoms with van der Waals surface area (Å²) in [4.78, 5) is 9.86. The van der Waals surface area contributed by atoms with Crippen molar-refractivity contribution in [3.63, 3.8) is 0 Å². The zero-order chi connectivity index (χ0) is 5.86. The van der Waals surface area contributed by atoms with Gasteiger partial charge in [0.2, 0.25) is 0 Å². The van der Waals surface area contributed by atoms with E-state index in [-0.39, 0.29) is 0 Å². The zero-order valence-electron chi connectivity index (χ0n) is 4.56. The number of carboxylic acids is 1. The van der Waals surface area contributed by atoms with Crippen LogP contribution in [0.5, 0.6) is 0 Å². The summed E-state index contributed by atoms with van der Waals surface area (Å²) in [5, 5.41) is 8.14. The molecule has 0 saturated carbocycles. The quantitative estimate of drug-likeness (QED) is 0.766. The van der Waals surface area contributed by atoms with Crippen LogP contribution < -0.4 is 0 Å². The number of rotatable bonds is 2. The van der Waals surface area contributed by atoms with Gasteiger partial charge in [0.15, 0.2) is 0 Å². The molecule has 0 heterocycles. The molecule has 0 aliphatic rings. The fourth-order valence-electron chi connectivity index (χ4n) is 0.302. The van der Waals surface area contributed by atoms with Gasteiger partial charge in [0.1, 0.15) is 0 Å². The van der Waals surface area contributed by atoms with E-state index in [0.29, 0.717) is 3.98 Å². The summed E-state index contributed by atoms with van der Waals surface area (Å²) in [7, 11) is 0. The second-order valence-electron chi connectivity index (χ2n) is 1.78. The van der Waals surface area contributed by atoms with Crippen molar-refractivity contribution in [2.24, 2.45) is 0 Å². The van der Waals surface area contributed by atoms with Crippen LogP contribution in [0.25, 0.3) is 0 Å². The number of aliphatic carboxylic acids is 1. The number of carboxylic acid groups (broad SMARTS) is 1. The van der Waals surface area contributed by atoms with E-state index >= 15 is 0 Å². The summed E-state index contributed by atoms with van der Waals surface area (Å²) in [6.07, 6.45) is 0. The van der Waals surface area contributed by atoms with Gasteiger partial charge in [0.05, 0.1) is 0 Å². The van der Waals surface area contributed by atoms with E-state index in [1.54, 1.807) is 0 Å². The zero-order valence-corrected chi connectivity index (χ0v) is 8.45. The fraction of sp³-hybridized carbons (Fsp3) is 0.750. The first-order valence-electron chi connectivity index (χ1n) is 2.13. The van der Waals surface area contributed by atoms with Crippen LogP contribution in [0, 0.1) is 0 Å². The third kappa shape index (κ3) is 6.39. The molecule has 0 spiro atoms. The maximum absolute atomic E-state index is 9.86. The molecule has 1 N–H and O–H groups in total. The summed E-state index contributed by atoms with van der Waals surface area (Å²) in [6.45, 7) is 0. The molecule has 0 aromatic rings. The van der Waals surface area contributed by atoms with Gasteiger partial charge in [0.25, 0.3) is 0 Å². The van der Waals surface area contributed by atoms with Gasteiger partial charge in [-0.1, -0.05) is 0 Å². The molecular formula is C4H9O2Pb. The van der Waals surface area contributed by atoms with E-state index in [4.69, 9.17) is 5.11 Å². The summed E-state index contributed by atoms with van der Waals surface area (Å²) in [5.74, 6) is -0.618. The van der Waals surface area contributed by atoms with Gasteiger partial charge in [-0.25, -0.2) is 0 Å². The minimum atomic E-state index is -1.42. The van der Waals surface area contributed by atoms with Gasteiger partial charge in [-0.3, -0.25) is 0 Å². The normalized spacial score (nSPS) is 9.57. The Kier molecular flexibility index (Phi) is 3.59. The molecule has 0 aromatic carbocycles. The fourth-order valence-corrected chi connectivity index (χ4v) is 2.65. The van der Waals surface area contributed by atoms with Crippen LogP contribution in [0.3, 0.4) is 0 Å². The van der Waals surface area contributed by atoms with Gasteiger partial charge < -0.3 is 0 Å². The van der Waals surface area contributed by atoms with Crippen LogP contribution in [0.15, 0.2) is 0 Å². The molecule has 0 saturated heterocycles. The molecule has 0 bridgehead atoms. The van der Waals surface area contributed by atoms with Gasteiger partial charge in [-0.2, -0.15) is 0 Å². The minimum absolute atomic E-state index is 0.491. The standard InChI is InChI=1S/C2H3O2.2CH3.Pb/c1-2(3)4;;;/h1H2,(H,3,4);2*1H3;. The third-order valence-corrected chi connectivity index (χ3v) is 4.43. The first kappa shape index (κ1) is 7.39. The number of hydrogen-bond acceptors (Lipinski definition) is 1. The van der Waals surface area contributed by atoms with E-state index in [1.807, 2.05) is 0 Å². The molecule has 0 aliphatic carbocycles. The van der Waals surface area contributed by atoms with Crippen molar-refractivity contribution < 1.29 is 9.90 Å². The monoisotopic (exact) mass is 297 g/mol. The Morgan fingerprint density at radius 2 is 2.14 bits per heavy atom. The van der Waals surface area contributed by atoms with Crippen LogP contribution in [-0.2, 0) is 4.79 Å². The molecule has 2 nitrogen and oxygen atoms in total. The van der Waals surface area contributed by atoms with Crippen molar-refractivity contribution in [3.8, 4) is 0 Å². The molecule has 0 aromatic heterocycles. The van der Waals surface area contributed by atoms with Crippen LogP contribution >= 0.6 is 0 Å². The van der Waals surface area contributed by atoms with Crippen molar-refractivity contribution in [3.05, 3.63) is 0 Å². The van der Waals surface area contributed by atoms with E-state index in [0.717, 1.165) is 0 Å². The van der Waals surface area contributed by atoms with Gasteiger partial charge >= 0.3 is 51.5 Å². The van der Waals surface area contributed by atoms with Crippen LogP contribution in [0.1, 0.15) is 0 Å².